The average molecular weight is 209 g/mol. The summed E-state index contributed by atoms with van der Waals surface area (Å²) in [6.45, 7) is 5.80. The summed E-state index contributed by atoms with van der Waals surface area (Å²) >= 11 is 0. The molecule has 0 saturated heterocycles. The Balaban J connectivity index is 1.75. The van der Waals surface area contributed by atoms with Crippen molar-refractivity contribution in [3.05, 3.63) is 0 Å². The first-order chi connectivity index (χ1) is 7.35. The van der Waals surface area contributed by atoms with E-state index >= 15 is 0 Å². The molecule has 0 aromatic rings. The van der Waals surface area contributed by atoms with E-state index in [9.17, 15) is 0 Å². The van der Waals surface area contributed by atoms with Crippen LogP contribution in [0.3, 0.4) is 0 Å². The molecular weight excluding hydrogens is 182 g/mol. The van der Waals surface area contributed by atoms with Gasteiger partial charge >= 0.3 is 0 Å². The number of nitrogens with one attached hydrogen (secondary N) is 1. The number of rotatable bonds is 7. The lowest BCUT2D eigenvalue weighted by Gasteiger charge is -2.26. The average Bonchev–Trinajstić information content (AvgIpc) is 2.86. The Labute approximate surface area is 95.0 Å². The fourth-order valence-electron chi connectivity index (χ4n) is 3.35. The largest absolute Gasteiger partial charge is 0.314 e. The molecule has 3 atom stereocenters. The summed E-state index contributed by atoms with van der Waals surface area (Å²) in [7, 11) is 0. The minimum Gasteiger partial charge on any atom is -0.314 e. The first kappa shape index (κ1) is 11.4. The van der Waals surface area contributed by atoms with Gasteiger partial charge in [-0.15, -0.1) is 0 Å². The normalized spacial score (nSPS) is 35.2. The standard InChI is InChI=1S/C14H27N/c1-3-5-6-14(15-7-4-2)13-9-11-8-12(11)10-13/h11-15H,3-10H2,1-2H3. The molecule has 2 fully saturated rings. The molecule has 1 N–H and O–H groups in total. The van der Waals surface area contributed by atoms with Gasteiger partial charge in [-0.2, -0.15) is 0 Å². The predicted octanol–water partition coefficient (Wildman–Crippen LogP) is 3.59. The van der Waals surface area contributed by atoms with Gasteiger partial charge in [0.05, 0.1) is 0 Å². The summed E-state index contributed by atoms with van der Waals surface area (Å²) in [5, 5.41) is 3.79. The number of hydrogen-bond acceptors (Lipinski definition) is 1. The van der Waals surface area contributed by atoms with Crippen molar-refractivity contribution in [3.63, 3.8) is 0 Å². The topological polar surface area (TPSA) is 12.0 Å². The minimum absolute atomic E-state index is 0.845. The Kier molecular flexibility index (Phi) is 4.07. The summed E-state index contributed by atoms with van der Waals surface area (Å²) < 4.78 is 0. The summed E-state index contributed by atoms with van der Waals surface area (Å²) in [5.74, 6) is 3.30. The maximum atomic E-state index is 3.79. The van der Waals surface area contributed by atoms with Crippen LogP contribution >= 0.6 is 0 Å². The summed E-state index contributed by atoms with van der Waals surface area (Å²) in [5.41, 5.74) is 0. The van der Waals surface area contributed by atoms with Crippen LogP contribution in [0.15, 0.2) is 0 Å². The Morgan fingerprint density at radius 2 is 1.80 bits per heavy atom. The lowest BCUT2D eigenvalue weighted by Crippen LogP contribution is -2.36. The first-order valence-electron chi connectivity index (χ1n) is 7.08. The predicted molar refractivity (Wildman–Crippen MR) is 65.9 cm³/mol. The van der Waals surface area contributed by atoms with Crippen molar-refractivity contribution >= 4 is 0 Å². The number of fused-ring (bicyclic) bond motifs is 1. The highest BCUT2D eigenvalue weighted by atomic mass is 14.9. The third-order valence-electron chi connectivity index (χ3n) is 4.37. The zero-order valence-corrected chi connectivity index (χ0v) is 10.5. The lowest BCUT2D eigenvalue weighted by molar-refractivity contribution is 0.313. The highest BCUT2D eigenvalue weighted by molar-refractivity contribution is 4.99. The van der Waals surface area contributed by atoms with Gasteiger partial charge in [0.15, 0.2) is 0 Å². The van der Waals surface area contributed by atoms with Crippen molar-refractivity contribution in [2.45, 2.75) is 64.8 Å². The molecule has 0 heterocycles. The molecule has 0 aromatic carbocycles. The van der Waals surface area contributed by atoms with Crippen LogP contribution in [0.4, 0.5) is 0 Å². The second kappa shape index (κ2) is 5.34. The van der Waals surface area contributed by atoms with Crippen molar-refractivity contribution < 1.29 is 0 Å². The van der Waals surface area contributed by atoms with Gasteiger partial charge in [0.1, 0.15) is 0 Å². The zero-order valence-electron chi connectivity index (χ0n) is 10.5. The highest BCUT2D eigenvalue weighted by Gasteiger charge is 2.47. The van der Waals surface area contributed by atoms with Crippen LogP contribution in [0, 0.1) is 17.8 Å². The number of unbranched alkanes of at least 4 members (excludes halogenated alkanes) is 1. The van der Waals surface area contributed by atoms with E-state index in [1.165, 1.54) is 45.1 Å². The maximum Gasteiger partial charge on any atom is 0.00955 e. The molecule has 0 spiro atoms. The molecule has 0 bridgehead atoms. The van der Waals surface area contributed by atoms with E-state index in [-0.39, 0.29) is 0 Å². The van der Waals surface area contributed by atoms with Crippen LogP contribution in [0.5, 0.6) is 0 Å². The van der Waals surface area contributed by atoms with Gasteiger partial charge in [-0.3, -0.25) is 0 Å². The SMILES string of the molecule is CCCCC(NCCC)C1CC2CC2C1. The van der Waals surface area contributed by atoms with E-state index < -0.39 is 0 Å². The second-order valence-corrected chi connectivity index (χ2v) is 5.69. The van der Waals surface area contributed by atoms with Gasteiger partial charge in [0.25, 0.3) is 0 Å². The molecule has 0 radical (unpaired) electrons. The molecule has 88 valence electrons. The monoisotopic (exact) mass is 209 g/mol. The second-order valence-electron chi connectivity index (χ2n) is 5.69. The van der Waals surface area contributed by atoms with Crippen molar-refractivity contribution in [1.29, 1.82) is 0 Å². The molecular formula is C14H27N. The van der Waals surface area contributed by atoms with Crippen LogP contribution in [0.1, 0.15) is 58.8 Å². The minimum atomic E-state index is 0.845. The molecule has 3 unspecified atom stereocenters. The molecule has 0 aliphatic heterocycles. The van der Waals surface area contributed by atoms with Crippen molar-refractivity contribution in [3.8, 4) is 0 Å². The Bertz CT molecular complexity index is 172. The van der Waals surface area contributed by atoms with Crippen LogP contribution in [-0.2, 0) is 0 Å². The lowest BCUT2D eigenvalue weighted by atomic mass is 9.90. The van der Waals surface area contributed by atoms with Gasteiger partial charge in [0.2, 0.25) is 0 Å². The fraction of sp³-hybridized carbons (Fsp3) is 1.00. The van der Waals surface area contributed by atoms with E-state index in [4.69, 9.17) is 0 Å². The summed E-state index contributed by atoms with van der Waals surface area (Å²) in [6, 6.07) is 0.845. The molecule has 1 heteroatoms. The van der Waals surface area contributed by atoms with Crippen molar-refractivity contribution in [2.24, 2.45) is 17.8 Å². The molecule has 2 rings (SSSR count). The van der Waals surface area contributed by atoms with Crippen LogP contribution in [0.2, 0.25) is 0 Å². The van der Waals surface area contributed by atoms with Crippen LogP contribution < -0.4 is 5.32 Å². The van der Waals surface area contributed by atoms with Gasteiger partial charge in [-0.25, -0.2) is 0 Å². The first-order valence-corrected chi connectivity index (χ1v) is 7.08. The van der Waals surface area contributed by atoms with E-state index in [0.29, 0.717) is 0 Å². The third-order valence-corrected chi connectivity index (χ3v) is 4.37. The molecule has 2 saturated carbocycles. The fourth-order valence-corrected chi connectivity index (χ4v) is 3.35. The Morgan fingerprint density at radius 3 is 2.40 bits per heavy atom. The molecule has 0 amide bonds. The molecule has 2 aliphatic rings. The van der Waals surface area contributed by atoms with Gasteiger partial charge in [-0.05, 0) is 56.4 Å². The molecule has 2 aliphatic carbocycles. The van der Waals surface area contributed by atoms with E-state index in [1.54, 1.807) is 6.42 Å². The molecule has 15 heavy (non-hydrogen) atoms. The Morgan fingerprint density at radius 1 is 1.07 bits per heavy atom. The molecule has 0 aromatic heterocycles. The summed E-state index contributed by atoms with van der Waals surface area (Å²) in [4.78, 5) is 0. The Hall–Kier alpha value is -0.0400. The van der Waals surface area contributed by atoms with E-state index in [1.807, 2.05) is 0 Å². The highest BCUT2D eigenvalue weighted by Crippen LogP contribution is 2.55. The number of hydrogen-bond donors (Lipinski definition) is 1. The third kappa shape index (κ3) is 2.96. The van der Waals surface area contributed by atoms with E-state index in [2.05, 4.69) is 19.2 Å². The zero-order chi connectivity index (χ0) is 10.7. The smallest absolute Gasteiger partial charge is 0.00955 e. The quantitative estimate of drug-likeness (QED) is 0.675. The van der Waals surface area contributed by atoms with Gasteiger partial charge < -0.3 is 5.32 Å². The van der Waals surface area contributed by atoms with Gasteiger partial charge in [-0.1, -0.05) is 26.7 Å². The van der Waals surface area contributed by atoms with Crippen molar-refractivity contribution in [1.82, 2.24) is 5.32 Å². The maximum absolute atomic E-state index is 3.79. The van der Waals surface area contributed by atoms with E-state index in [0.717, 1.165) is 23.8 Å². The summed E-state index contributed by atoms with van der Waals surface area (Å²) in [6.07, 6.45) is 10.1. The van der Waals surface area contributed by atoms with Crippen LogP contribution in [0.25, 0.3) is 0 Å². The van der Waals surface area contributed by atoms with Crippen LogP contribution in [-0.4, -0.2) is 12.6 Å². The van der Waals surface area contributed by atoms with Crippen molar-refractivity contribution in [2.75, 3.05) is 6.54 Å². The van der Waals surface area contributed by atoms with Gasteiger partial charge in [0, 0.05) is 6.04 Å². The molecule has 1 nitrogen and oxygen atoms in total.